The van der Waals surface area contributed by atoms with Gasteiger partial charge in [-0.25, -0.2) is 0 Å². The molecule has 12 heavy (non-hydrogen) atoms. The van der Waals surface area contributed by atoms with Crippen molar-refractivity contribution < 1.29 is 9.53 Å². The highest BCUT2D eigenvalue weighted by atomic mass is 35.5. The van der Waals surface area contributed by atoms with Crippen LogP contribution in [0, 0.1) is 0 Å². The third-order valence-electron chi connectivity index (χ3n) is 1.93. The first kappa shape index (κ1) is 9.77. The molecule has 0 aliphatic carbocycles. The van der Waals surface area contributed by atoms with E-state index in [9.17, 15) is 4.79 Å². The molecule has 0 spiro atoms. The summed E-state index contributed by atoms with van der Waals surface area (Å²) in [4.78, 5) is 12.9. The fourth-order valence-corrected chi connectivity index (χ4v) is 1.41. The molecular weight excluding hydrogens is 180 g/mol. The van der Waals surface area contributed by atoms with Crippen molar-refractivity contribution in [3.63, 3.8) is 0 Å². The molecule has 1 aliphatic rings. The van der Waals surface area contributed by atoms with Gasteiger partial charge in [-0.15, -0.1) is 11.6 Å². The van der Waals surface area contributed by atoms with Crippen molar-refractivity contribution in [2.75, 3.05) is 32.2 Å². The molecule has 70 valence electrons. The minimum absolute atomic E-state index is 0.00463. The topological polar surface area (TPSA) is 55.6 Å². The van der Waals surface area contributed by atoms with Crippen molar-refractivity contribution in [2.45, 2.75) is 6.04 Å². The quantitative estimate of drug-likeness (QED) is 0.596. The third-order valence-corrected chi connectivity index (χ3v) is 2.16. The first-order chi connectivity index (χ1) is 5.79. The van der Waals surface area contributed by atoms with E-state index in [-0.39, 0.29) is 17.8 Å². The minimum Gasteiger partial charge on any atom is -0.377 e. The van der Waals surface area contributed by atoms with Crippen LogP contribution in [0.3, 0.4) is 0 Å². The Morgan fingerprint density at radius 2 is 2.50 bits per heavy atom. The summed E-state index contributed by atoms with van der Waals surface area (Å²) in [6.07, 6.45) is 0. The summed E-state index contributed by atoms with van der Waals surface area (Å²) in [6.45, 7) is 2.15. The molecule has 0 aromatic rings. The van der Waals surface area contributed by atoms with E-state index in [4.69, 9.17) is 22.1 Å². The van der Waals surface area contributed by atoms with Crippen LogP contribution in [-0.2, 0) is 9.53 Å². The van der Waals surface area contributed by atoms with Gasteiger partial charge in [0.05, 0.1) is 19.3 Å². The fourth-order valence-electron chi connectivity index (χ4n) is 1.26. The number of nitrogens with two attached hydrogens (primary N) is 1. The molecule has 1 heterocycles. The molecule has 0 aromatic carbocycles. The number of carbonyl (C=O) groups is 1. The van der Waals surface area contributed by atoms with Gasteiger partial charge in [0.1, 0.15) is 5.88 Å². The highest BCUT2D eigenvalue weighted by Gasteiger charge is 2.24. The Labute approximate surface area is 76.6 Å². The minimum atomic E-state index is -0.0598. The van der Waals surface area contributed by atoms with Crippen molar-refractivity contribution in [2.24, 2.45) is 5.73 Å². The molecule has 1 amide bonds. The van der Waals surface area contributed by atoms with Crippen LogP contribution < -0.4 is 5.73 Å². The van der Waals surface area contributed by atoms with E-state index in [0.29, 0.717) is 26.3 Å². The van der Waals surface area contributed by atoms with Crippen molar-refractivity contribution in [3.05, 3.63) is 0 Å². The second-order valence-electron chi connectivity index (χ2n) is 2.69. The molecule has 1 atom stereocenters. The molecule has 5 heteroatoms. The van der Waals surface area contributed by atoms with E-state index in [2.05, 4.69) is 0 Å². The molecule has 1 fully saturated rings. The van der Waals surface area contributed by atoms with Crippen molar-refractivity contribution in [1.82, 2.24) is 4.90 Å². The molecule has 4 nitrogen and oxygen atoms in total. The number of amides is 1. The second-order valence-corrected chi connectivity index (χ2v) is 2.95. The van der Waals surface area contributed by atoms with Crippen molar-refractivity contribution >= 4 is 17.5 Å². The number of halogens is 1. The van der Waals surface area contributed by atoms with Gasteiger partial charge in [0.15, 0.2) is 0 Å². The Hall–Kier alpha value is -0.320. The zero-order valence-electron chi connectivity index (χ0n) is 6.83. The SMILES string of the molecule is NCC1COCCN1C(=O)CCl. The Morgan fingerprint density at radius 3 is 3.08 bits per heavy atom. The summed E-state index contributed by atoms with van der Waals surface area (Å²) in [5.74, 6) is -0.0355. The molecule has 0 aromatic heterocycles. The average Bonchev–Trinajstić information content (AvgIpc) is 2.16. The molecule has 1 unspecified atom stereocenters. The zero-order valence-corrected chi connectivity index (χ0v) is 7.59. The molecule has 0 saturated carbocycles. The first-order valence-electron chi connectivity index (χ1n) is 3.93. The van der Waals surface area contributed by atoms with Crippen LogP contribution in [0.4, 0.5) is 0 Å². The Bertz CT molecular complexity index is 165. The lowest BCUT2D eigenvalue weighted by molar-refractivity contribution is -0.136. The van der Waals surface area contributed by atoms with Crippen LogP contribution in [-0.4, -0.2) is 49.0 Å². The summed E-state index contributed by atoms with van der Waals surface area (Å²) in [6, 6.07) is 0.00463. The molecule has 2 N–H and O–H groups in total. The largest absolute Gasteiger partial charge is 0.377 e. The van der Waals surface area contributed by atoms with E-state index in [1.165, 1.54) is 0 Å². The second kappa shape index (κ2) is 4.64. The van der Waals surface area contributed by atoms with Crippen molar-refractivity contribution in [1.29, 1.82) is 0 Å². The number of carbonyl (C=O) groups excluding carboxylic acids is 1. The van der Waals surface area contributed by atoms with Gasteiger partial charge < -0.3 is 15.4 Å². The third kappa shape index (κ3) is 2.09. The van der Waals surface area contributed by atoms with E-state index in [1.54, 1.807) is 4.90 Å². The number of rotatable bonds is 2. The first-order valence-corrected chi connectivity index (χ1v) is 4.46. The van der Waals surface area contributed by atoms with E-state index in [1.807, 2.05) is 0 Å². The number of hydrogen-bond donors (Lipinski definition) is 1. The number of nitrogens with zero attached hydrogens (tertiary/aromatic N) is 1. The maximum absolute atomic E-state index is 11.2. The lowest BCUT2D eigenvalue weighted by Crippen LogP contribution is -2.52. The maximum Gasteiger partial charge on any atom is 0.237 e. The molecular formula is C7H13ClN2O2. The normalized spacial score (nSPS) is 24.2. The fraction of sp³-hybridized carbons (Fsp3) is 0.857. The monoisotopic (exact) mass is 192 g/mol. The summed E-state index contributed by atoms with van der Waals surface area (Å²) >= 11 is 5.43. The standard InChI is InChI=1S/C7H13ClN2O2/c8-3-7(11)10-1-2-12-5-6(10)4-9/h6H,1-5,9H2. The lowest BCUT2D eigenvalue weighted by atomic mass is 10.2. The van der Waals surface area contributed by atoms with Gasteiger partial charge in [0.2, 0.25) is 5.91 Å². The van der Waals surface area contributed by atoms with Gasteiger partial charge in [0.25, 0.3) is 0 Å². The summed E-state index contributed by atoms with van der Waals surface area (Å²) in [5, 5.41) is 0. The van der Waals surface area contributed by atoms with Gasteiger partial charge >= 0.3 is 0 Å². The predicted molar refractivity (Wildman–Crippen MR) is 46.1 cm³/mol. The molecule has 0 bridgehead atoms. The van der Waals surface area contributed by atoms with Gasteiger partial charge in [-0.3, -0.25) is 4.79 Å². The Balaban J connectivity index is 2.52. The molecule has 1 saturated heterocycles. The average molecular weight is 193 g/mol. The Kier molecular flexibility index (Phi) is 3.78. The van der Waals surface area contributed by atoms with Crippen LogP contribution in [0.25, 0.3) is 0 Å². The maximum atomic E-state index is 11.2. The van der Waals surface area contributed by atoms with Crippen molar-refractivity contribution in [3.8, 4) is 0 Å². The van der Waals surface area contributed by atoms with Crippen LogP contribution in [0.2, 0.25) is 0 Å². The molecule has 1 rings (SSSR count). The Morgan fingerprint density at radius 1 is 1.75 bits per heavy atom. The van der Waals surface area contributed by atoms with Crippen LogP contribution in [0.1, 0.15) is 0 Å². The predicted octanol–water partition coefficient (Wildman–Crippen LogP) is -0.589. The van der Waals surface area contributed by atoms with Crippen LogP contribution >= 0.6 is 11.6 Å². The number of alkyl halides is 1. The van der Waals surface area contributed by atoms with Crippen LogP contribution in [0.5, 0.6) is 0 Å². The molecule has 1 aliphatic heterocycles. The van der Waals surface area contributed by atoms with E-state index in [0.717, 1.165) is 0 Å². The van der Waals surface area contributed by atoms with Gasteiger partial charge in [-0.1, -0.05) is 0 Å². The number of ether oxygens (including phenoxy) is 1. The summed E-state index contributed by atoms with van der Waals surface area (Å²) in [7, 11) is 0. The van der Waals surface area contributed by atoms with Crippen LogP contribution in [0.15, 0.2) is 0 Å². The number of morpholine rings is 1. The molecule has 0 radical (unpaired) electrons. The van der Waals surface area contributed by atoms with Gasteiger partial charge in [-0.05, 0) is 0 Å². The highest BCUT2D eigenvalue weighted by Crippen LogP contribution is 2.06. The number of hydrogen-bond acceptors (Lipinski definition) is 3. The highest BCUT2D eigenvalue weighted by molar-refractivity contribution is 6.27. The lowest BCUT2D eigenvalue weighted by Gasteiger charge is -2.34. The van der Waals surface area contributed by atoms with E-state index >= 15 is 0 Å². The summed E-state index contributed by atoms with van der Waals surface area (Å²) < 4.78 is 5.18. The van der Waals surface area contributed by atoms with E-state index < -0.39 is 0 Å². The van der Waals surface area contributed by atoms with Gasteiger partial charge in [0, 0.05) is 13.1 Å². The zero-order chi connectivity index (χ0) is 8.97. The smallest absolute Gasteiger partial charge is 0.237 e. The summed E-state index contributed by atoms with van der Waals surface area (Å²) in [5.41, 5.74) is 5.47. The van der Waals surface area contributed by atoms with Gasteiger partial charge in [-0.2, -0.15) is 0 Å².